The van der Waals surface area contributed by atoms with Crippen molar-refractivity contribution in [1.29, 1.82) is 0 Å². The average Bonchev–Trinajstić information content (AvgIpc) is 2.58. The molecule has 2 aromatic carbocycles. The van der Waals surface area contributed by atoms with Crippen molar-refractivity contribution in [2.75, 3.05) is 0 Å². The molecule has 2 aromatic rings. The van der Waals surface area contributed by atoms with E-state index in [1.807, 2.05) is 43.3 Å². The number of hydrogen-bond acceptors (Lipinski definition) is 2. The highest BCUT2D eigenvalue weighted by Gasteiger charge is 2.14. The fraction of sp³-hybridized carbons (Fsp3) is 0.333. The number of carbonyl (C=O) groups excluding carboxylic acids is 1. The molecule has 0 aliphatic carbocycles. The summed E-state index contributed by atoms with van der Waals surface area (Å²) in [4.78, 5) is 12.2. The molecular formula is C21H26N2O. The second kappa shape index (κ2) is 7.43. The van der Waals surface area contributed by atoms with Crippen LogP contribution >= 0.6 is 0 Å². The number of aryl methyl sites for hydroxylation is 1. The van der Waals surface area contributed by atoms with E-state index >= 15 is 0 Å². The molecule has 0 saturated heterocycles. The smallest absolute Gasteiger partial charge is 0.267 e. The summed E-state index contributed by atoms with van der Waals surface area (Å²) in [6.07, 6.45) is 1.01. The number of hydrazone groups is 1. The van der Waals surface area contributed by atoms with Gasteiger partial charge in [-0.2, -0.15) is 5.10 Å². The molecule has 126 valence electrons. The lowest BCUT2D eigenvalue weighted by atomic mass is 9.87. The number of nitrogens with one attached hydrogen (secondary N) is 1. The first-order valence-electron chi connectivity index (χ1n) is 8.35. The summed E-state index contributed by atoms with van der Waals surface area (Å²) in [5, 5.41) is 4.21. The molecule has 0 aliphatic heterocycles. The van der Waals surface area contributed by atoms with Crippen molar-refractivity contribution in [3.05, 3.63) is 70.8 Å². The first-order chi connectivity index (χ1) is 11.3. The maximum Gasteiger partial charge on any atom is 0.271 e. The zero-order valence-electron chi connectivity index (χ0n) is 15.2. The first-order valence-corrected chi connectivity index (χ1v) is 8.35. The highest BCUT2D eigenvalue weighted by atomic mass is 16.2. The van der Waals surface area contributed by atoms with Crippen LogP contribution < -0.4 is 5.43 Å². The Hall–Kier alpha value is -2.42. The van der Waals surface area contributed by atoms with Crippen molar-refractivity contribution in [2.45, 2.75) is 46.5 Å². The average molecular weight is 322 g/mol. The van der Waals surface area contributed by atoms with Gasteiger partial charge in [-0.25, -0.2) is 5.43 Å². The maximum atomic E-state index is 12.2. The zero-order chi connectivity index (χ0) is 17.7. The van der Waals surface area contributed by atoms with Gasteiger partial charge in [-0.1, -0.05) is 64.1 Å². The van der Waals surface area contributed by atoms with Crippen LogP contribution in [0.5, 0.6) is 0 Å². The van der Waals surface area contributed by atoms with Gasteiger partial charge in [0.2, 0.25) is 0 Å². The van der Waals surface area contributed by atoms with Crippen LogP contribution in [0.25, 0.3) is 0 Å². The predicted molar refractivity (Wildman–Crippen MR) is 101 cm³/mol. The quantitative estimate of drug-likeness (QED) is 0.643. The molecule has 2 rings (SSSR count). The Morgan fingerprint density at radius 1 is 0.958 bits per heavy atom. The van der Waals surface area contributed by atoms with Crippen molar-refractivity contribution in [3.63, 3.8) is 0 Å². The molecule has 0 saturated carbocycles. The molecule has 0 atom stereocenters. The van der Waals surface area contributed by atoms with E-state index in [9.17, 15) is 4.79 Å². The molecule has 3 heteroatoms. The zero-order valence-corrected chi connectivity index (χ0v) is 15.2. The molecule has 0 fully saturated rings. The molecule has 24 heavy (non-hydrogen) atoms. The Morgan fingerprint density at radius 3 is 2.00 bits per heavy atom. The Morgan fingerprint density at radius 2 is 1.50 bits per heavy atom. The van der Waals surface area contributed by atoms with Gasteiger partial charge >= 0.3 is 0 Å². The van der Waals surface area contributed by atoms with Gasteiger partial charge in [0, 0.05) is 5.56 Å². The minimum atomic E-state index is -0.194. The summed E-state index contributed by atoms with van der Waals surface area (Å²) in [5.41, 5.74) is 7.61. The van der Waals surface area contributed by atoms with Crippen molar-refractivity contribution in [1.82, 2.24) is 5.43 Å². The lowest BCUT2D eigenvalue weighted by molar-refractivity contribution is 0.0955. The third-order valence-corrected chi connectivity index (χ3v) is 4.12. The second-order valence-corrected chi connectivity index (χ2v) is 7.02. The van der Waals surface area contributed by atoms with Crippen molar-refractivity contribution in [2.24, 2.45) is 5.10 Å². The van der Waals surface area contributed by atoms with Gasteiger partial charge in [0.05, 0.1) is 5.71 Å². The third-order valence-electron chi connectivity index (χ3n) is 4.12. The van der Waals surface area contributed by atoms with Crippen molar-refractivity contribution in [3.8, 4) is 0 Å². The van der Waals surface area contributed by atoms with Gasteiger partial charge in [0.25, 0.3) is 5.91 Å². The number of amides is 1. The van der Waals surface area contributed by atoms with E-state index in [4.69, 9.17) is 0 Å². The maximum absolute atomic E-state index is 12.2. The summed E-state index contributed by atoms with van der Waals surface area (Å²) >= 11 is 0. The van der Waals surface area contributed by atoms with E-state index in [0.717, 1.165) is 17.7 Å². The number of rotatable bonds is 4. The molecular weight excluding hydrogens is 296 g/mol. The number of benzene rings is 2. The molecule has 0 aromatic heterocycles. The molecule has 1 amide bonds. The van der Waals surface area contributed by atoms with Crippen LogP contribution in [0.1, 0.15) is 61.7 Å². The highest BCUT2D eigenvalue weighted by Crippen LogP contribution is 2.22. The van der Waals surface area contributed by atoms with Gasteiger partial charge in [-0.05, 0) is 47.6 Å². The topological polar surface area (TPSA) is 41.5 Å². The van der Waals surface area contributed by atoms with Crippen LogP contribution in [0.3, 0.4) is 0 Å². The molecule has 0 bridgehead atoms. The molecule has 1 N–H and O–H groups in total. The van der Waals surface area contributed by atoms with Crippen molar-refractivity contribution < 1.29 is 4.79 Å². The lowest BCUT2D eigenvalue weighted by Gasteiger charge is -2.18. The molecule has 0 spiro atoms. The van der Waals surface area contributed by atoms with Gasteiger partial charge < -0.3 is 0 Å². The normalized spacial score (nSPS) is 12.1. The summed E-state index contributed by atoms with van der Waals surface area (Å²) in [6.45, 7) is 10.5. The monoisotopic (exact) mass is 322 g/mol. The fourth-order valence-corrected chi connectivity index (χ4v) is 2.37. The van der Waals surface area contributed by atoms with Crippen LogP contribution in [-0.4, -0.2) is 11.6 Å². The standard InChI is InChI=1S/C21H26N2O/c1-6-16-7-9-17(10-8-16)15(2)22-23-20(24)18-11-13-19(14-12-18)21(3,4)5/h7-14H,6H2,1-5H3,(H,23,24). The Balaban J connectivity index is 2.05. The number of nitrogens with zero attached hydrogens (tertiary/aromatic N) is 1. The molecule has 0 aliphatic rings. The molecule has 0 heterocycles. The number of hydrogen-bond donors (Lipinski definition) is 1. The Kier molecular flexibility index (Phi) is 5.55. The first kappa shape index (κ1) is 17.9. The van der Waals surface area contributed by atoms with Crippen LogP contribution in [0.2, 0.25) is 0 Å². The SMILES string of the molecule is CCc1ccc(C(C)=NNC(=O)c2ccc(C(C)(C)C)cc2)cc1. The molecule has 0 unspecified atom stereocenters. The summed E-state index contributed by atoms with van der Waals surface area (Å²) in [7, 11) is 0. The van der Waals surface area contributed by atoms with Crippen LogP contribution in [0.15, 0.2) is 53.6 Å². The van der Waals surface area contributed by atoms with E-state index in [1.165, 1.54) is 11.1 Å². The van der Waals surface area contributed by atoms with Crippen LogP contribution in [-0.2, 0) is 11.8 Å². The van der Waals surface area contributed by atoms with Crippen LogP contribution in [0.4, 0.5) is 0 Å². The lowest BCUT2D eigenvalue weighted by Crippen LogP contribution is -2.20. The highest BCUT2D eigenvalue weighted by molar-refractivity contribution is 6.00. The largest absolute Gasteiger partial charge is 0.271 e. The summed E-state index contributed by atoms with van der Waals surface area (Å²) in [6, 6.07) is 15.9. The van der Waals surface area contributed by atoms with Gasteiger partial charge in [0.1, 0.15) is 0 Å². The van der Waals surface area contributed by atoms with Crippen molar-refractivity contribution >= 4 is 11.6 Å². The third kappa shape index (κ3) is 4.54. The molecule has 0 radical (unpaired) electrons. The predicted octanol–water partition coefficient (Wildman–Crippen LogP) is 4.70. The fourth-order valence-electron chi connectivity index (χ4n) is 2.37. The van der Waals surface area contributed by atoms with E-state index < -0.39 is 0 Å². The number of carbonyl (C=O) groups is 1. The summed E-state index contributed by atoms with van der Waals surface area (Å²) < 4.78 is 0. The van der Waals surface area contributed by atoms with Gasteiger partial charge in [-0.3, -0.25) is 4.79 Å². The minimum Gasteiger partial charge on any atom is -0.267 e. The van der Waals surface area contributed by atoms with Crippen LogP contribution in [0, 0.1) is 0 Å². The van der Waals surface area contributed by atoms with E-state index in [1.54, 1.807) is 0 Å². The Labute approximate surface area is 144 Å². The molecule has 3 nitrogen and oxygen atoms in total. The minimum absolute atomic E-state index is 0.0778. The van der Waals surface area contributed by atoms with Gasteiger partial charge in [-0.15, -0.1) is 0 Å². The van der Waals surface area contributed by atoms with Gasteiger partial charge in [0.15, 0.2) is 0 Å². The van der Waals surface area contributed by atoms with E-state index in [2.05, 4.69) is 50.4 Å². The van der Waals surface area contributed by atoms with E-state index in [-0.39, 0.29) is 11.3 Å². The second-order valence-electron chi connectivity index (χ2n) is 7.02. The summed E-state index contributed by atoms with van der Waals surface area (Å²) in [5.74, 6) is -0.194. The Bertz CT molecular complexity index is 720. The van der Waals surface area contributed by atoms with E-state index in [0.29, 0.717) is 5.56 Å².